The van der Waals surface area contributed by atoms with Crippen LogP contribution in [0.15, 0.2) is 4.52 Å². The largest absolute Gasteiger partial charge is 0.361 e. The van der Waals surface area contributed by atoms with E-state index in [2.05, 4.69) is 10.5 Å². The van der Waals surface area contributed by atoms with Crippen LogP contribution < -0.4 is 11.1 Å². The predicted octanol–water partition coefficient (Wildman–Crippen LogP) is 1.29. The molecule has 1 aromatic heterocycles. The highest BCUT2D eigenvalue weighted by Crippen LogP contribution is 2.29. The highest BCUT2D eigenvalue weighted by molar-refractivity contribution is 5.96. The third-order valence-corrected chi connectivity index (χ3v) is 3.59. The molecule has 3 N–H and O–H groups in total. The molecule has 5 nitrogen and oxygen atoms in total. The van der Waals surface area contributed by atoms with Gasteiger partial charge in [0.1, 0.15) is 11.3 Å². The zero-order valence-corrected chi connectivity index (χ0v) is 10.4. The smallest absolute Gasteiger partial charge is 0.257 e. The number of nitrogens with zero attached hydrogens (tertiary/aromatic N) is 1. The van der Waals surface area contributed by atoms with Crippen LogP contribution in [0.25, 0.3) is 0 Å². The van der Waals surface area contributed by atoms with Gasteiger partial charge >= 0.3 is 0 Å². The van der Waals surface area contributed by atoms with Crippen molar-refractivity contribution in [2.75, 3.05) is 6.54 Å². The number of amides is 1. The van der Waals surface area contributed by atoms with Gasteiger partial charge in [0.15, 0.2) is 0 Å². The number of aryl methyl sites for hydroxylation is 2. The Morgan fingerprint density at radius 3 is 2.59 bits per heavy atom. The fourth-order valence-corrected chi connectivity index (χ4v) is 2.54. The molecule has 1 fully saturated rings. The average molecular weight is 237 g/mol. The Morgan fingerprint density at radius 1 is 1.47 bits per heavy atom. The van der Waals surface area contributed by atoms with Crippen molar-refractivity contribution in [1.29, 1.82) is 0 Å². The second-order valence-electron chi connectivity index (χ2n) is 4.84. The highest BCUT2D eigenvalue weighted by Gasteiger charge is 2.35. The minimum absolute atomic E-state index is 0.117. The maximum atomic E-state index is 12.2. The van der Waals surface area contributed by atoms with Crippen molar-refractivity contribution in [3.05, 3.63) is 17.0 Å². The molecule has 0 bridgehead atoms. The standard InChI is InChI=1S/C12H19N3O2/c1-8-10(9(2)17-15-8)11(16)14-12(7-13)5-3-4-6-12/h3-7,13H2,1-2H3,(H,14,16). The molecule has 0 aromatic carbocycles. The molecular weight excluding hydrogens is 218 g/mol. The van der Waals surface area contributed by atoms with Crippen LogP contribution in [0.1, 0.15) is 47.5 Å². The lowest BCUT2D eigenvalue weighted by Gasteiger charge is -2.28. The Bertz CT molecular complexity index is 400. The number of carbonyl (C=O) groups excluding carboxylic acids is 1. The van der Waals surface area contributed by atoms with Crippen LogP contribution in [0.4, 0.5) is 0 Å². The Hall–Kier alpha value is -1.36. The van der Waals surface area contributed by atoms with Gasteiger partial charge in [-0.05, 0) is 26.7 Å². The van der Waals surface area contributed by atoms with E-state index < -0.39 is 0 Å². The first-order chi connectivity index (χ1) is 8.08. The van der Waals surface area contributed by atoms with Gasteiger partial charge in [-0.15, -0.1) is 0 Å². The van der Waals surface area contributed by atoms with Gasteiger partial charge < -0.3 is 15.6 Å². The fraction of sp³-hybridized carbons (Fsp3) is 0.667. The van der Waals surface area contributed by atoms with Crippen LogP contribution in [0.2, 0.25) is 0 Å². The van der Waals surface area contributed by atoms with Crippen molar-refractivity contribution in [3.63, 3.8) is 0 Å². The minimum Gasteiger partial charge on any atom is -0.361 e. The molecular formula is C12H19N3O2. The Balaban J connectivity index is 2.16. The lowest BCUT2D eigenvalue weighted by atomic mass is 9.97. The Morgan fingerprint density at radius 2 is 2.12 bits per heavy atom. The number of aromatic nitrogens is 1. The SMILES string of the molecule is Cc1noc(C)c1C(=O)NC1(CN)CCCC1. The summed E-state index contributed by atoms with van der Waals surface area (Å²) in [6, 6.07) is 0. The number of hydrogen-bond donors (Lipinski definition) is 2. The molecule has 0 unspecified atom stereocenters. The molecule has 1 aromatic rings. The van der Waals surface area contributed by atoms with Crippen LogP contribution in [-0.4, -0.2) is 23.1 Å². The van der Waals surface area contributed by atoms with Crippen molar-refractivity contribution in [3.8, 4) is 0 Å². The summed E-state index contributed by atoms with van der Waals surface area (Å²) in [5.74, 6) is 0.443. The van der Waals surface area contributed by atoms with E-state index in [9.17, 15) is 4.79 Å². The van der Waals surface area contributed by atoms with E-state index in [0.29, 0.717) is 23.6 Å². The average Bonchev–Trinajstić information content (AvgIpc) is 2.87. The first-order valence-corrected chi connectivity index (χ1v) is 6.03. The number of carbonyl (C=O) groups is 1. The van der Waals surface area contributed by atoms with Crippen LogP contribution >= 0.6 is 0 Å². The van der Waals surface area contributed by atoms with Gasteiger partial charge in [0, 0.05) is 6.54 Å². The minimum atomic E-state index is -0.229. The summed E-state index contributed by atoms with van der Waals surface area (Å²) in [6.07, 6.45) is 4.16. The Labute approximate surface area is 101 Å². The van der Waals surface area contributed by atoms with Gasteiger partial charge in [-0.25, -0.2) is 0 Å². The molecule has 1 aliphatic carbocycles. The van der Waals surface area contributed by atoms with Crippen molar-refractivity contribution >= 4 is 5.91 Å². The summed E-state index contributed by atoms with van der Waals surface area (Å²) in [7, 11) is 0. The summed E-state index contributed by atoms with van der Waals surface area (Å²) >= 11 is 0. The second kappa shape index (κ2) is 4.49. The van der Waals surface area contributed by atoms with Crippen molar-refractivity contribution in [1.82, 2.24) is 10.5 Å². The van der Waals surface area contributed by atoms with Crippen molar-refractivity contribution in [2.24, 2.45) is 5.73 Å². The number of rotatable bonds is 3. The summed E-state index contributed by atoms with van der Waals surface area (Å²) in [5, 5.41) is 6.86. The van der Waals surface area contributed by atoms with E-state index in [-0.39, 0.29) is 11.4 Å². The molecule has 0 saturated heterocycles. The topological polar surface area (TPSA) is 81.2 Å². The van der Waals surface area contributed by atoms with E-state index in [1.807, 2.05) is 0 Å². The molecule has 1 aliphatic rings. The second-order valence-corrected chi connectivity index (χ2v) is 4.84. The normalized spacial score (nSPS) is 18.3. The van der Waals surface area contributed by atoms with E-state index >= 15 is 0 Å². The van der Waals surface area contributed by atoms with Crippen LogP contribution in [0.5, 0.6) is 0 Å². The molecule has 0 aliphatic heterocycles. The van der Waals surface area contributed by atoms with Crippen molar-refractivity contribution < 1.29 is 9.32 Å². The lowest BCUT2D eigenvalue weighted by Crippen LogP contribution is -2.51. The summed E-state index contributed by atoms with van der Waals surface area (Å²) < 4.78 is 5.01. The van der Waals surface area contributed by atoms with Crippen LogP contribution in [0, 0.1) is 13.8 Å². The first kappa shape index (κ1) is 12.1. The van der Waals surface area contributed by atoms with E-state index in [1.165, 1.54) is 0 Å². The van der Waals surface area contributed by atoms with Gasteiger partial charge in [0.05, 0.1) is 11.2 Å². The summed E-state index contributed by atoms with van der Waals surface area (Å²) in [5.41, 5.74) is 6.74. The Kier molecular flexibility index (Phi) is 3.19. The molecule has 1 amide bonds. The van der Waals surface area contributed by atoms with Gasteiger partial charge in [-0.1, -0.05) is 18.0 Å². The van der Waals surface area contributed by atoms with Gasteiger partial charge in [0.2, 0.25) is 0 Å². The molecule has 94 valence electrons. The number of hydrogen-bond acceptors (Lipinski definition) is 4. The molecule has 1 saturated carbocycles. The maximum absolute atomic E-state index is 12.2. The third kappa shape index (κ3) is 2.20. The zero-order chi connectivity index (χ0) is 12.5. The van der Waals surface area contributed by atoms with E-state index in [1.54, 1.807) is 13.8 Å². The van der Waals surface area contributed by atoms with Crippen molar-refractivity contribution in [2.45, 2.75) is 45.1 Å². The quantitative estimate of drug-likeness (QED) is 0.830. The number of nitrogens with two attached hydrogens (primary N) is 1. The molecule has 0 spiro atoms. The van der Waals surface area contributed by atoms with Gasteiger partial charge in [0.25, 0.3) is 5.91 Å². The third-order valence-electron chi connectivity index (χ3n) is 3.59. The van der Waals surface area contributed by atoms with Gasteiger partial charge in [-0.3, -0.25) is 4.79 Å². The molecule has 5 heteroatoms. The molecule has 0 radical (unpaired) electrons. The molecule has 17 heavy (non-hydrogen) atoms. The molecule has 0 atom stereocenters. The summed E-state index contributed by atoms with van der Waals surface area (Å²) in [4.78, 5) is 12.2. The van der Waals surface area contributed by atoms with Crippen LogP contribution in [-0.2, 0) is 0 Å². The first-order valence-electron chi connectivity index (χ1n) is 6.03. The molecule has 2 rings (SSSR count). The maximum Gasteiger partial charge on any atom is 0.257 e. The monoisotopic (exact) mass is 237 g/mol. The van der Waals surface area contributed by atoms with Crippen LogP contribution in [0.3, 0.4) is 0 Å². The highest BCUT2D eigenvalue weighted by atomic mass is 16.5. The predicted molar refractivity (Wildman–Crippen MR) is 63.7 cm³/mol. The van der Waals surface area contributed by atoms with Gasteiger partial charge in [-0.2, -0.15) is 0 Å². The lowest BCUT2D eigenvalue weighted by molar-refractivity contribution is 0.0901. The fourth-order valence-electron chi connectivity index (χ4n) is 2.54. The summed E-state index contributed by atoms with van der Waals surface area (Å²) in [6.45, 7) is 4.01. The van der Waals surface area contributed by atoms with E-state index in [0.717, 1.165) is 25.7 Å². The molecule has 1 heterocycles. The zero-order valence-electron chi connectivity index (χ0n) is 10.4. The van der Waals surface area contributed by atoms with E-state index in [4.69, 9.17) is 10.3 Å². The number of nitrogens with one attached hydrogen (secondary N) is 1.